The van der Waals surface area contributed by atoms with Gasteiger partial charge in [0, 0.05) is 23.0 Å². The average Bonchev–Trinajstić information content (AvgIpc) is 2.41. The Morgan fingerprint density at radius 3 is 2.25 bits per heavy atom. The number of hydrogen-bond donors (Lipinski definition) is 3. The molecule has 0 radical (unpaired) electrons. The van der Waals surface area contributed by atoms with E-state index >= 15 is 0 Å². The van der Waals surface area contributed by atoms with Gasteiger partial charge in [0.1, 0.15) is 5.69 Å². The van der Waals surface area contributed by atoms with Gasteiger partial charge in [0.05, 0.1) is 4.92 Å². The van der Waals surface area contributed by atoms with E-state index in [1.807, 2.05) is 0 Å². The molecule has 20 heavy (non-hydrogen) atoms. The standard InChI is InChI=1S/C13H12N4O3/c14-9-3-1-8(2-4-9)13(18)16-11-6-5-10(15)7-12(11)17(19)20/h1-7H,14-15H2,(H,16,18). The highest BCUT2D eigenvalue weighted by Gasteiger charge is 2.16. The Morgan fingerprint density at radius 1 is 1.05 bits per heavy atom. The van der Waals surface area contributed by atoms with Crippen LogP contribution < -0.4 is 16.8 Å². The van der Waals surface area contributed by atoms with Gasteiger partial charge in [-0.05, 0) is 36.4 Å². The molecule has 0 aliphatic rings. The van der Waals surface area contributed by atoms with Crippen LogP contribution in [0.15, 0.2) is 42.5 Å². The summed E-state index contributed by atoms with van der Waals surface area (Å²) in [4.78, 5) is 22.3. The maximum atomic E-state index is 12.0. The zero-order chi connectivity index (χ0) is 14.7. The molecule has 0 fully saturated rings. The number of rotatable bonds is 3. The molecule has 5 N–H and O–H groups in total. The van der Waals surface area contributed by atoms with Gasteiger partial charge in [-0.1, -0.05) is 0 Å². The van der Waals surface area contributed by atoms with Crippen molar-refractivity contribution in [3.8, 4) is 0 Å². The van der Waals surface area contributed by atoms with Gasteiger partial charge in [-0.15, -0.1) is 0 Å². The SMILES string of the molecule is Nc1ccc(C(=O)Nc2ccc(N)cc2[N+](=O)[O-])cc1. The van der Waals surface area contributed by atoms with Crippen molar-refractivity contribution in [2.75, 3.05) is 16.8 Å². The summed E-state index contributed by atoms with van der Waals surface area (Å²) in [6, 6.07) is 10.3. The fourth-order valence-electron chi connectivity index (χ4n) is 1.63. The predicted octanol–water partition coefficient (Wildman–Crippen LogP) is 2.01. The molecule has 7 nitrogen and oxygen atoms in total. The van der Waals surface area contributed by atoms with E-state index < -0.39 is 10.8 Å². The van der Waals surface area contributed by atoms with Crippen LogP contribution in [0.1, 0.15) is 10.4 Å². The van der Waals surface area contributed by atoms with Crippen LogP contribution in [0.4, 0.5) is 22.7 Å². The monoisotopic (exact) mass is 272 g/mol. The lowest BCUT2D eigenvalue weighted by atomic mass is 10.2. The summed E-state index contributed by atoms with van der Waals surface area (Å²) in [6.07, 6.45) is 0. The Labute approximate surface area is 114 Å². The first-order chi connectivity index (χ1) is 9.47. The van der Waals surface area contributed by atoms with Gasteiger partial charge in [0.15, 0.2) is 0 Å². The van der Waals surface area contributed by atoms with Crippen molar-refractivity contribution in [3.05, 3.63) is 58.1 Å². The van der Waals surface area contributed by atoms with Crippen LogP contribution in [0.5, 0.6) is 0 Å². The highest BCUT2D eigenvalue weighted by molar-refractivity contribution is 6.05. The van der Waals surface area contributed by atoms with Gasteiger partial charge >= 0.3 is 0 Å². The minimum absolute atomic E-state index is 0.0889. The van der Waals surface area contributed by atoms with Crippen LogP contribution in [-0.2, 0) is 0 Å². The molecule has 102 valence electrons. The lowest BCUT2D eigenvalue weighted by molar-refractivity contribution is -0.383. The fourth-order valence-corrected chi connectivity index (χ4v) is 1.63. The second-order valence-electron chi connectivity index (χ2n) is 4.11. The van der Waals surface area contributed by atoms with Crippen molar-refractivity contribution < 1.29 is 9.72 Å². The molecular formula is C13H12N4O3. The molecule has 0 spiro atoms. The fraction of sp³-hybridized carbons (Fsp3) is 0. The number of nitrogens with one attached hydrogen (secondary N) is 1. The molecule has 0 aliphatic heterocycles. The summed E-state index contributed by atoms with van der Waals surface area (Å²) in [5, 5.41) is 13.4. The van der Waals surface area contributed by atoms with E-state index in [9.17, 15) is 14.9 Å². The van der Waals surface area contributed by atoms with Crippen LogP contribution in [0.3, 0.4) is 0 Å². The van der Waals surface area contributed by atoms with Crippen LogP contribution in [-0.4, -0.2) is 10.8 Å². The molecular weight excluding hydrogens is 260 g/mol. The molecule has 2 aromatic carbocycles. The van der Waals surface area contributed by atoms with Crippen molar-refractivity contribution in [1.82, 2.24) is 0 Å². The van der Waals surface area contributed by atoms with E-state index in [4.69, 9.17) is 11.5 Å². The minimum Gasteiger partial charge on any atom is -0.399 e. The quantitative estimate of drug-likeness (QED) is 0.448. The predicted molar refractivity (Wildman–Crippen MR) is 76.3 cm³/mol. The Bertz CT molecular complexity index is 668. The number of nitrogen functional groups attached to an aromatic ring is 2. The average molecular weight is 272 g/mol. The lowest BCUT2D eigenvalue weighted by Gasteiger charge is -2.07. The van der Waals surface area contributed by atoms with Crippen molar-refractivity contribution >= 4 is 28.7 Å². The van der Waals surface area contributed by atoms with E-state index in [2.05, 4.69) is 5.32 Å². The second kappa shape index (κ2) is 5.27. The molecule has 0 aromatic heterocycles. The largest absolute Gasteiger partial charge is 0.399 e. The third kappa shape index (κ3) is 2.83. The van der Waals surface area contributed by atoms with Crippen LogP contribution in [0, 0.1) is 10.1 Å². The number of nitrogens with zero attached hydrogens (tertiary/aromatic N) is 1. The van der Waals surface area contributed by atoms with Gasteiger partial charge < -0.3 is 16.8 Å². The van der Waals surface area contributed by atoms with Crippen LogP contribution in [0.2, 0.25) is 0 Å². The van der Waals surface area contributed by atoms with Crippen LogP contribution in [0.25, 0.3) is 0 Å². The first-order valence-corrected chi connectivity index (χ1v) is 5.68. The number of amides is 1. The third-order valence-electron chi connectivity index (χ3n) is 2.64. The smallest absolute Gasteiger partial charge is 0.294 e. The van der Waals surface area contributed by atoms with Gasteiger partial charge in [0.2, 0.25) is 0 Å². The van der Waals surface area contributed by atoms with Crippen molar-refractivity contribution in [2.45, 2.75) is 0 Å². The van der Waals surface area contributed by atoms with Gasteiger partial charge in [-0.3, -0.25) is 14.9 Å². The van der Waals surface area contributed by atoms with E-state index in [1.54, 1.807) is 12.1 Å². The molecule has 0 saturated heterocycles. The van der Waals surface area contributed by atoms with E-state index in [0.717, 1.165) is 0 Å². The first-order valence-electron chi connectivity index (χ1n) is 5.68. The summed E-state index contributed by atoms with van der Waals surface area (Å²) >= 11 is 0. The summed E-state index contributed by atoms with van der Waals surface area (Å²) in [5.41, 5.74) is 12.0. The molecule has 0 atom stereocenters. The first kappa shape index (κ1) is 13.3. The molecule has 2 aromatic rings. The topological polar surface area (TPSA) is 124 Å². The maximum Gasteiger partial charge on any atom is 0.294 e. The van der Waals surface area contributed by atoms with Crippen molar-refractivity contribution in [2.24, 2.45) is 0 Å². The Kier molecular flexibility index (Phi) is 3.52. The number of benzene rings is 2. The highest BCUT2D eigenvalue weighted by atomic mass is 16.6. The summed E-state index contributed by atoms with van der Waals surface area (Å²) in [7, 11) is 0. The van der Waals surface area contributed by atoms with Gasteiger partial charge in [0.25, 0.3) is 11.6 Å². The summed E-state index contributed by atoms with van der Waals surface area (Å²) in [6.45, 7) is 0. The van der Waals surface area contributed by atoms with Crippen molar-refractivity contribution in [3.63, 3.8) is 0 Å². The number of nitro benzene ring substituents is 1. The molecule has 7 heteroatoms. The second-order valence-corrected chi connectivity index (χ2v) is 4.11. The maximum absolute atomic E-state index is 12.0. The van der Waals surface area contributed by atoms with Crippen molar-refractivity contribution in [1.29, 1.82) is 0 Å². The normalized spacial score (nSPS) is 10.0. The number of nitrogens with two attached hydrogens (primary N) is 2. The molecule has 2 rings (SSSR count). The van der Waals surface area contributed by atoms with E-state index in [0.29, 0.717) is 11.3 Å². The minimum atomic E-state index is -0.602. The number of nitro groups is 1. The number of carbonyl (C=O) groups is 1. The van der Waals surface area contributed by atoms with Gasteiger partial charge in [-0.2, -0.15) is 0 Å². The number of carbonyl (C=O) groups excluding carboxylic acids is 1. The summed E-state index contributed by atoms with van der Waals surface area (Å²) < 4.78 is 0. The molecule has 0 unspecified atom stereocenters. The molecule has 0 bridgehead atoms. The molecule has 0 saturated carbocycles. The lowest BCUT2D eigenvalue weighted by Crippen LogP contribution is -2.13. The molecule has 0 heterocycles. The number of hydrogen-bond acceptors (Lipinski definition) is 5. The Morgan fingerprint density at radius 2 is 1.65 bits per heavy atom. The Hall–Kier alpha value is -3.09. The van der Waals surface area contributed by atoms with Crippen LogP contribution >= 0.6 is 0 Å². The molecule has 1 amide bonds. The third-order valence-corrected chi connectivity index (χ3v) is 2.64. The Balaban J connectivity index is 2.28. The summed E-state index contributed by atoms with van der Waals surface area (Å²) in [5.74, 6) is -0.460. The zero-order valence-corrected chi connectivity index (χ0v) is 10.4. The highest BCUT2D eigenvalue weighted by Crippen LogP contribution is 2.27. The van der Waals surface area contributed by atoms with E-state index in [-0.39, 0.29) is 17.1 Å². The molecule has 0 aliphatic carbocycles. The zero-order valence-electron chi connectivity index (χ0n) is 10.4. The van der Waals surface area contributed by atoms with Gasteiger partial charge in [-0.25, -0.2) is 0 Å². The van der Waals surface area contributed by atoms with E-state index in [1.165, 1.54) is 30.3 Å². The number of anilines is 3.